The zero-order valence-electron chi connectivity index (χ0n) is 19.4. The molecule has 0 aliphatic carbocycles. The van der Waals surface area contributed by atoms with Crippen molar-refractivity contribution in [3.05, 3.63) is 77.3 Å². The first-order valence-electron chi connectivity index (χ1n) is 10.8. The van der Waals surface area contributed by atoms with Gasteiger partial charge in [-0.1, -0.05) is 0 Å². The summed E-state index contributed by atoms with van der Waals surface area (Å²) in [6.45, 7) is 1.84. The van der Waals surface area contributed by atoms with Crippen LogP contribution >= 0.6 is 11.6 Å². The van der Waals surface area contributed by atoms with Crippen molar-refractivity contribution in [3.63, 3.8) is 0 Å². The van der Waals surface area contributed by atoms with Crippen LogP contribution in [0.3, 0.4) is 0 Å². The molecule has 36 heavy (non-hydrogen) atoms. The van der Waals surface area contributed by atoms with Gasteiger partial charge in [0.2, 0.25) is 5.91 Å². The van der Waals surface area contributed by atoms with Gasteiger partial charge in [-0.15, -0.1) is 11.6 Å². The second kappa shape index (κ2) is 12.2. The Morgan fingerprint density at radius 2 is 1.89 bits per heavy atom. The number of hydrogen-bond acceptors (Lipinski definition) is 5. The fourth-order valence-corrected chi connectivity index (χ4v) is 3.51. The number of aromatic nitrogens is 3. The van der Waals surface area contributed by atoms with Crippen LogP contribution in [0.1, 0.15) is 35.6 Å². The molecule has 0 aliphatic rings. The maximum absolute atomic E-state index is 13.7. The molecule has 0 radical (unpaired) electrons. The van der Waals surface area contributed by atoms with Crippen LogP contribution < -0.4 is 15.6 Å². The molecule has 2 heterocycles. The second-order valence-electron chi connectivity index (χ2n) is 7.71. The van der Waals surface area contributed by atoms with E-state index >= 15 is 0 Å². The number of benzene rings is 1. The van der Waals surface area contributed by atoms with Crippen molar-refractivity contribution in [1.82, 2.24) is 25.4 Å². The van der Waals surface area contributed by atoms with Crippen LogP contribution in [0, 0.1) is 24.4 Å². The fourth-order valence-electron chi connectivity index (χ4n) is 3.36. The van der Waals surface area contributed by atoms with Crippen LogP contribution in [0.15, 0.2) is 43.0 Å². The number of methoxy groups -OCH3 is 1. The van der Waals surface area contributed by atoms with Crippen LogP contribution in [0.2, 0.25) is 0 Å². The molecule has 3 rings (SSSR count). The highest BCUT2D eigenvalue weighted by Crippen LogP contribution is 2.26. The predicted octanol–water partition coefficient (Wildman–Crippen LogP) is 3.97. The molecule has 2 aromatic heterocycles. The molecule has 1 atom stereocenters. The molecule has 0 spiro atoms. The zero-order valence-corrected chi connectivity index (χ0v) is 20.2. The predicted molar refractivity (Wildman–Crippen MR) is 127 cm³/mol. The minimum Gasteiger partial charge on any atom is -0.493 e. The molecule has 0 saturated heterocycles. The molecule has 8 nitrogen and oxygen atoms in total. The van der Waals surface area contributed by atoms with Gasteiger partial charge in [0, 0.05) is 24.3 Å². The zero-order chi connectivity index (χ0) is 26.2. The summed E-state index contributed by atoms with van der Waals surface area (Å²) >= 11 is 5.68. The van der Waals surface area contributed by atoms with Gasteiger partial charge in [-0.3, -0.25) is 25.0 Å². The number of carbonyl (C=O) groups is 2. The summed E-state index contributed by atoms with van der Waals surface area (Å²) in [6.07, 6.45) is 7.98. The van der Waals surface area contributed by atoms with Gasteiger partial charge in [-0.25, -0.2) is 23.1 Å². The van der Waals surface area contributed by atoms with Gasteiger partial charge in [0.15, 0.2) is 29.0 Å². The molecule has 0 fully saturated rings. The second-order valence-corrected chi connectivity index (χ2v) is 8.09. The van der Waals surface area contributed by atoms with Gasteiger partial charge in [-0.2, -0.15) is 0 Å². The third-order valence-corrected chi connectivity index (χ3v) is 5.38. The lowest BCUT2D eigenvalue weighted by atomic mass is 9.93. The molecule has 0 aliphatic heterocycles. The first-order valence-corrected chi connectivity index (χ1v) is 11.3. The molecule has 2 N–H and O–H groups in total. The van der Waals surface area contributed by atoms with Crippen LogP contribution in [0.25, 0.3) is 11.9 Å². The minimum absolute atomic E-state index is 0.0786. The Bertz CT molecular complexity index is 1260. The summed E-state index contributed by atoms with van der Waals surface area (Å²) in [7, 11) is 1.49. The largest absolute Gasteiger partial charge is 0.493 e. The standard InChI is InChI=1S/C24H23ClF3N5O3/c1-14-12-33(13-30-14)23-20(36-2)8-15(11-29-23)5-6-21(34)31-32-24(35)17(4-3-7-25)16-9-18(26)22(28)19(27)10-16/h5-6,8-13,17H,3-4,7H2,1-2H3,(H,31,34)(H,32,35)/b6-5+. The lowest BCUT2D eigenvalue weighted by molar-refractivity contribution is -0.127. The third-order valence-electron chi connectivity index (χ3n) is 5.12. The minimum atomic E-state index is -1.63. The Labute approximate surface area is 210 Å². The molecule has 1 unspecified atom stereocenters. The number of aryl methyl sites for hydroxylation is 1. The first kappa shape index (κ1) is 26.7. The Morgan fingerprint density at radius 1 is 1.17 bits per heavy atom. The van der Waals surface area contributed by atoms with Crippen LogP contribution in [-0.4, -0.2) is 39.3 Å². The number of hydrogen-bond donors (Lipinski definition) is 2. The number of pyridine rings is 1. The number of rotatable bonds is 9. The number of ether oxygens (including phenoxy) is 1. The number of carbonyl (C=O) groups excluding carboxylic acids is 2. The topological polar surface area (TPSA) is 98.1 Å². The van der Waals surface area contributed by atoms with Crippen molar-refractivity contribution in [2.45, 2.75) is 25.7 Å². The van der Waals surface area contributed by atoms with Gasteiger partial charge in [0.25, 0.3) is 5.91 Å². The van der Waals surface area contributed by atoms with E-state index in [9.17, 15) is 22.8 Å². The average molecular weight is 522 g/mol. The molecule has 12 heteroatoms. The van der Waals surface area contributed by atoms with E-state index in [0.717, 1.165) is 23.9 Å². The molecule has 0 saturated carbocycles. The van der Waals surface area contributed by atoms with Crippen molar-refractivity contribution in [2.24, 2.45) is 0 Å². The van der Waals surface area contributed by atoms with Gasteiger partial charge < -0.3 is 4.74 Å². The highest BCUT2D eigenvalue weighted by Gasteiger charge is 2.24. The normalized spacial score (nSPS) is 11.9. The van der Waals surface area contributed by atoms with E-state index in [1.165, 1.54) is 19.4 Å². The molecule has 1 aromatic carbocycles. The summed E-state index contributed by atoms with van der Waals surface area (Å²) in [4.78, 5) is 33.3. The first-order chi connectivity index (χ1) is 17.2. The average Bonchev–Trinajstić information content (AvgIpc) is 3.30. The van der Waals surface area contributed by atoms with Gasteiger partial charge in [0.1, 0.15) is 6.33 Å². The van der Waals surface area contributed by atoms with Crippen molar-refractivity contribution in [1.29, 1.82) is 0 Å². The number of alkyl halides is 1. The Balaban J connectivity index is 1.66. The number of halogens is 4. The smallest absolute Gasteiger partial charge is 0.262 e. The molecule has 0 bridgehead atoms. The summed E-state index contributed by atoms with van der Waals surface area (Å²) < 4.78 is 47.7. The van der Waals surface area contributed by atoms with Gasteiger partial charge >= 0.3 is 0 Å². The molecular weight excluding hydrogens is 499 g/mol. The monoisotopic (exact) mass is 521 g/mol. The fraction of sp³-hybridized carbons (Fsp3) is 0.250. The van der Waals surface area contributed by atoms with Crippen molar-refractivity contribution >= 4 is 29.5 Å². The highest BCUT2D eigenvalue weighted by molar-refractivity contribution is 6.17. The van der Waals surface area contributed by atoms with Crippen molar-refractivity contribution < 1.29 is 27.5 Å². The van der Waals surface area contributed by atoms with E-state index < -0.39 is 35.2 Å². The molecule has 190 valence electrons. The van der Waals surface area contributed by atoms with Crippen LogP contribution in [0.5, 0.6) is 5.75 Å². The summed E-state index contributed by atoms with van der Waals surface area (Å²) in [6, 6.07) is 3.15. The van der Waals surface area contributed by atoms with E-state index in [1.54, 1.807) is 23.2 Å². The quantitative estimate of drug-likeness (QED) is 0.192. The summed E-state index contributed by atoms with van der Waals surface area (Å²) in [5.74, 6) is -5.79. The van der Waals surface area contributed by atoms with Gasteiger partial charge in [-0.05, 0) is 55.2 Å². The van der Waals surface area contributed by atoms with Crippen molar-refractivity contribution in [2.75, 3.05) is 13.0 Å². The maximum Gasteiger partial charge on any atom is 0.262 e. The maximum atomic E-state index is 13.7. The number of nitrogens with zero attached hydrogens (tertiary/aromatic N) is 3. The Kier molecular flexibility index (Phi) is 9.07. The Hall–Kier alpha value is -3.86. The molecular formula is C24H23ClF3N5O3. The number of imidazole rings is 1. The Morgan fingerprint density at radius 3 is 2.50 bits per heavy atom. The summed E-state index contributed by atoms with van der Waals surface area (Å²) in [5.41, 5.74) is 5.69. The molecule has 2 amide bonds. The molecule has 3 aromatic rings. The number of nitrogens with one attached hydrogen (secondary N) is 2. The van der Waals surface area contributed by atoms with E-state index in [4.69, 9.17) is 16.3 Å². The highest BCUT2D eigenvalue weighted by atomic mass is 35.5. The van der Waals surface area contributed by atoms with E-state index in [-0.39, 0.29) is 17.9 Å². The SMILES string of the molecule is COc1cc(/C=C/C(=O)NNC(=O)C(CCCCl)c2cc(F)c(F)c(F)c2)cnc1-n1cnc(C)c1. The number of amides is 2. The lowest BCUT2D eigenvalue weighted by Crippen LogP contribution is -2.43. The van der Waals surface area contributed by atoms with E-state index in [0.29, 0.717) is 23.6 Å². The van der Waals surface area contributed by atoms with Gasteiger partial charge in [0.05, 0.1) is 18.7 Å². The summed E-state index contributed by atoms with van der Waals surface area (Å²) in [5, 5.41) is 0. The van der Waals surface area contributed by atoms with Crippen molar-refractivity contribution in [3.8, 4) is 11.6 Å². The van der Waals surface area contributed by atoms with Crippen LogP contribution in [0.4, 0.5) is 13.2 Å². The third kappa shape index (κ3) is 6.63. The van der Waals surface area contributed by atoms with E-state index in [1.807, 2.05) is 6.92 Å². The van der Waals surface area contributed by atoms with E-state index in [2.05, 4.69) is 20.8 Å². The number of hydrazine groups is 1. The lowest BCUT2D eigenvalue weighted by Gasteiger charge is -2.17. The van der Waals surface area contributed by atoms with Crippen LogP contribution in [-0.2, 0) is 9.59 Å².